The predicted octanol–water partition coefficient (Wildman–Crippen LogP) is 0.496. The molecule has 1 aliphatic carbocycles. The Kier molecular flexibility index (Phi) is 3.09. The highest BCUT2D eigenvalue weighted by molar-refractivity contribution is 5.80. The van der Waals surface area contributed by atoms with E-state index in [1.165, 1.54) is 12.8 Å². The smallest absolute Gasteiger partial charge is 0.236 e. The molecular weight excluding hydrogens is 152 g/mol. The lowest BCUT2D eigenvalue weighted by Crippen LogP contribution is -2.40. The Morgan fingerprint density at radius 2 is 2.17 bits per heavy atom. The van der Waals surface area contributed by atoms with Crippen molar-refractivity contribution >= 4 is 5.91 Å². The van der Waals surface area contributed by atoms with Gasteiger partial charge in [-0.1, -0.05) is 6.92 Å². The molecule has 0 aliphatic heterocycles. The maximum atomic E-state index is 11.1. The third-order valence-electron chi connectivity index (χ3n) is 2.44. The number of hydrogen-bond donors (Lipinski definition) is 2. The molecule has 1 unspecified atom stereocenters. The van der Waals surface area contributed by atoms with E-state index in [9.17, 15) is 4.79 Å². The lowest BCUT2D eigenvalue weighted by atomic mass is 10.1. The van der Waals surface area contributed by atoms with Crippen molar-refractivity contribution < 1.29 is 4.79 Å². The Labute approximate surface area is 73.7 Å². The fourth-order valence-electron chi connectivity index (χ4n) is 1.25. The molecule has 12 heavy (non-hydrogen) atoms. The minimum atomic E-state index is -0.378. The van der Waals surface area contributed by atoms with Crippen LogP contribution in [-0.4, -0.2) is 18.5 Å². The molecule has 1 rings (SSSR count). The normalized spacial score (nSPS) is 21.6. The third kappa shape index (κ3) is 2.81. The average molecular weight is 170 g/mol. The molecule has 1 amide bonds. The molecule has 0 spiro atoms. The SMILES string of the molecule is CC(CNC(=O)[C@H](C)N)C1CC1. The molecule has 3 nitrogen and oxygen atoms in total. The van der Waals surface area contributed by atoms with Gasteiger partial charge in [0.05, 0.1) is 6.04 Å². The van der Waals surface area contributed by atoms with Crippen LogP contribution < -0.4 is 11.1 Å². The lowest BCUT2D eigenvalue weighted by molar-refractivity contribution is -0.122. The highest BCUT2D eigenvalue weighted by Crippen LogP contribution is 2.35. The van der Waals surface area contributed by atoms with Gasteiger partial charge >= 0.3 is 0 Å². The summed E-state index contributed by atoms with van der Waals surface area (Å²) < 4.78 is 0. The summed E-state index contributed by atoms with van der Waals surface area (Å²) in [5.74, 6) is 1.42. The summed E-state index contributed by atoms with van der Waals surface area (Å²) in [5.41, 5.74) is 5.40. The van der Waals surface area contributed by atoms with Crippen molar-refractivity contribution in [1.29, 1.82) is 0 Å². The Balaban J connectivity index is 2.11. The highest BCUT2D eigenvalue weighted by atomic mass is 16.2. The van der Waals surface area contributed by atoms with Crippen LogP contribution in [0.1, 0.15) is 26.7 Å². The number of amides is 1. The molecule has 70 valence electrons. The van der Waals surface area contributed by atoms with E-state index in [-0.39, 0.29) is 11.9 Å². The van der Waals surface area contributed by atoms with Crippen LogP contribution in [0, 0.1) is 11.8 Å². The standard InChI is InChI=1S/C9H18N2O/c1-6(8-3-4-8)5-11-9(12)7(2)10/h6-8H,3-5,10H2,1-2H3,(H,11,12)/t6?,7-/m0/s1. The minimum absolute atomic E-state index is 0.0394. The van der Waals surface area contributed by atoms with Gasteiger partial charge in [0, 0.05) is 6.54 Å². The molecule has 1 saturated carbocycles. The van der Waals surface area contributed by atoms with Crippen LogP contribution in [0.4, 0.5) is 0 Å². The van der Waals surface area contributed by atoms with E-state index in [1.807, 2.05) is 0 Å². The van der Waals surface area contributed by atoms with Crippen LogP contribution in [0.25, 0.3) is 0 Å². The number of rotatable bonds is 4. The van der Waals surface area contributed by atoms with Gasteiger partial charge in [-0.15, -0.1) is 0 Å². The Morgan fingerprint density at radius 1 is 1.58 bits per heavy atom. The number of nitrogens with two attached hydrogens (primary N) is 1. The molecule has 2 atom stereocenters. The van der Waals surface area contributed by atoms with Gasteiger partial charge in [0.2, 0.25) is 5.91 Å². The number of carbonyl (C=O) groups excluding carboxylic acids is 1. The Bertz CT molecular complexity index is 164. The molecule has 0 aromatic heterocycles. The molecule has 0 heterocycles. The first-order chi connectivity index (χ1) is 5.61. The van der Waals surface area contributed by atoms with Crippen molar-refractivity contribution in [3.05, 3.63) is 0 Å². The predicted molar refractivity (Wildman–Crippen MR) is 48.5 cm³/mol. The van der Waals surface area contributed by atoms with Crippen molar-refractivity contribution in [2.75, 3.05) is 6.54 Å². The zero-order valence-corrected chi connectivity index (χ0v) is 7.84. The van der Waals surface area contributed by atoms with Gasteiger partial charge in [-0.25, -0.2) is 0 Å². The van der Waals surface area contributed by atoms with Crippen molar-refractivity contribution in [2.24, 2.45) is 17.6 Å². The van der Waals surface area contributed by atoms with E-state index in [1.54, 1.807) is 6.92 Å². The quantitative estimate of drug-likeness (QED) is 0.645. The first-order valence-corrected chi connectivity index (χ1v) is 4.64. The second kappa shape index (κ2) is 3.90. The second-order valence-corrected chi connectivity index (χ2v) is 3.85. The van der Waals surface area contributed by atoms with E-state index >= 15 is 0 Å². The molecule has 0 saturated heterocycles. The summed E-state index contributed by atoms with van der Waals surface area (Å²) in [5, 5.41) is 2.84. The van der Waals surface area contributed by atoms with Gasteiger partial charge in [-0.3, -0.25) is 4.79 Å². The van der Waals surface area contributed by atoms with E-state index < -0.39 is 0 Å². The summed E-state index contributed by atoms with van der Waals surface area (Å²) in [6.45, 7) is 4.67. The first kappa shape index (κ1) is 9.52. The molecule has 1 fully saturated rings. The monoisotopic (exact) mass is 170 g/mol. The first-order valence-electron chi connectivity index (χ1n) is 4.64. The van der Waals surface area contributed by atoms with Crippen LogP contribution in [0.15, 0.2) is 0 Å². The number of nitrogens with one attached hydrogen (secondary N) is 1. The van der Waals surface area contributed by atoms with Crippen LogP contribution in [-0.2, 0) is 4.79 Å². The maximum absolute atomic E-state index is 11.1. The molecule has 3 N–H and O–H groups in total. The minimum Gasteiger partial charge on any atom is -0.354 e. The van der Waals surface area contributed by atoms with Gasteiger partial charge in [0.1, 0.15) is 0 Å². The number of carbonyl (C=O) groups is 1. The fraction of sp³-hybridized carbons (Fsp3) is 0.889. The molecule has 3 heteroatoms. The molecule has 0 aromatic rings. The van der Waals surface area contributed by atoms with Crippen LogP contribution in [0.2, 0.25) is 0 Å². The van der Waals surface area contributed by atoms with Crippen molar-refractivity contribution in [3.63, 3.8) is 0 Å². The molecule has 0 radical (unpaired) electrons. The molecular formula is C9H18N2O. The van der Waals surface area contributed by atoms with Crippen molar-refractivity contribution in [3.8, 4) is 0 Å². The summed E-state index contributed by atoms with van der Waals surface area (Å²) in [7, 11) is 0. The van der Waals surface area contributed by atoms with Gasteiger partial charge in [-0.2, -0.15) is 0 Å². The number of hydrogen-bond acceptors (Lipinski definition) is 2. The van der Waals surface area contributed by atoms with Crippen molar-refractivity contribution in [1.82, 2.24) is 5.32 Å². The highest BCUT2D eigenvalue weighted by Gasteiger charge is 2.27. The van der Waals surface area contributed by atoms with Crippen LogP contribution in [0.3, 0.4) is 0 Å². The van der Waals surface area contributed by atoms with Gasteiger partial charge in [0.15, 0.2) is 0 Å². The summed E-state index contributed by atoms with van der Waals surface area (Å²) in [6.07, 6.45) is 2.66. The summed E-state index contributed by atoms with van der Waals surface area (Å²) >= 11 is 0. The maximum Gasteiger partial charge on any atom is 0.236 e. The van der Waals surface area contributed by atoms with Gasteiger partial charge in [-0.05, 0) is 31.6 Å². The van der Waals surface area contributed by atoms with Gasteiger partial charge < -0.3 is 11.1 Å². The average Bonchev–Trinajstić information content (AvgIpc) is 2.81. The third-order valence-corrected chi connectivity index (χ3v) is 2.44. The van der Waals surface area contributed by atoms with Gasteiger partial charge in [0.25, 0.3) is 0 Å². The summed E-state index contributed by atoms with van der Waals surface area (Å²) in [6, 6.07) is -0.378. The zero-order valence-electron chi connectivity index (χ0n) is 7.84. The Morgan fingerprint density at radius 3 is 2.58 bits per heavy atom. The van der Waals surface area contributed by atoms with Crippen LogP contribution >= 0.6 is 0 Å². The molecule has 0 bridgehead atoms. The fourth-order valence-corrected chi connectivity index (χ4v) is 1.25. The van der Waals surface area contributed by atoms with E-state index in [4.69, 9.17) is 5.73 Å². The molecule has 1 aliphatic rings. The Hall–Kier alpha value is -0.570. The lowest BCUT2D eigenvalue weighted by Gasteiger charge is -2.12. The summed E-state index contributed by atoms with van der Waals surface area (Å²) in [4.78, 5) is 11.1. The van der Waals surface area contributed by atoms with Crippen LogP contribution in [0.5, 0.6) is 0 Å². The van der Waals surface area contributed by atoms with E-state index in [0.717, 1.165) is 12.5 Å². The topological polar surface area (TPSA) is 55.1 Å². The van der Waals surface area contributed by atoms with E-state index in [2.05, 4.69) is 12.2 Å². The van der Waals surface area contributed by atoms with E-state index in [0.29, 0.717) is 5.92 Å². The molecule has 0 aromatic carbocycles. The zero-order chi connectivity index (χ0) is 9.14. The second-order valence-electron chi connectivity index (χ2n) is 3.85. The van der Waals surface area contributed by atoms with Crippen molar-refractivity contribution in [2.45, 2.75) is 32.7 Å². The largest absolute Gasteiger partial charge is 0.354 e.